The fourth-order valence-corrected chi connectivity index (χ4v) is 5.74. The van der Waals surface area contributed by atoms with Crippen LogP contribution in [0.1, 0.15) is 59.1 Å². The van der Waals surface area contributed by atoms with E-state index in [9.17, 15) is 0 Å². The highest BCUT2D eigenvalue weighted by Gasteiger charge is 2.47. The molecule has 0 spiro atoms. The van der Waals surface area contributed by atoms with Crippen LogP contribution in [0, 0.1) is 23.7 Å². The van der Waals surface area contributed by atoms with Gasteiger partial charge in [-0.05, 0) is 48.1 Å². The van der Waals surface area contributed by atoms with Gasteiger partial charge in [0.15, 0.2) is 6.29 Å². The Morgan fingerprint density at radius 2 is 1.24 bits per heavy atom. The lowest BCUT2D eigenvalue weighted by Gasteiger charge is -2.49. The third-order valence-electron chi connectivity index (χ3n) is 8.73. The number of benzene rings is 2. The molecule has 2 aromatic rings. The maximum atomic E-state index is 6.88. The molecule has 0 bridgehead atoms. The summed E-state index contributed by atoms with van der Waals surface area (Å²) >= 11 is 0. The standard InChI is InChI=1S/C32H46O5/c1-7-28-22(3)24(5)31(34-19-27-16-12-9-13-17-27)32(36-28)37-30-23(4)21(2)25(6)35-29(30)20-33-18-26-14-10-8-11-15-26/h8-17,21-25,28-32H,7,18-20H2,1-6H3/t21?,22-,23+,24-,25-,28?,29?,30-,31?,32-/m0/s1. The van der Waals surface area contributed by atoms with Gasteiger partial charge in [-0.15, -0.1) is 0 Å². The van der Waals surface area contributed by atoms with Gasteiger partial charge in [-0.3, -0.25) is 0 Å². The van der Waals surface area contributed by atoms with Gasteiger partial charge in [-0.25, -0.2) is 0 Å². The summed E-state index contributed by atoms with van der Waals surface area (Å²) in [5.74, 6) is 1.34. The molecule has 0 radical (unpaired) electrons. The first-order chi connectivity index (χ1) is 17.9. The van der Waals surface area contributed by atoms with E-state index in [0.29, 0.717) is 43.5 Å². The van der Waals surface area contributed by atoms with Crippen molar-refractivity contribution in [3.8, 4) is 0 Å². The zero-order valence-electron chi connectivity index (χ0n) is 23.4. The molecule has 4 rings (SSSR count). The summed E-state index contributed by atoms with van der Waals surface area (Å²) in [6.07, 6.45) is 0.301. The first kappa shape index (κ1) is 28.3. The highest BCUT2D eigenvalue weighted by molar-refractivity contribution is 5.14. The minimum absolute atomic E-state index is 0.139. The first-order valence-electron chi connectivity index (χ1n) is 14.1. The molecular formula is C32H46O5. The van der Waals surface area contributed by atoms with E-state index in [2.05, 4.69) is 65.8 Å². The second kappa shape index (κ2) is 13.3. The molecule has 4 unspecified atom stereocenters. The monoisotopic (exact) mass is 510 g/mol. The average molecular weight is 511 g/mol. The van der Waals surface area contributed by atoms with E-state index in [1.54, 1.807) is 0 Å². The molecule has 2 aromatic carbocycles. The molecule has 37 heavy (non-hydrogen) atoms. The van der Waals surface area contributed by atoms with Crippen LogP contribution in [0.5, 0.6) is 0 Å². The molecule has 0 saturated carbocycles. The predicted molar refractivity (Wildman–Crippen MR) is 146 cm³/mol. The van der Waals surface area contributed by atoms with Gasteiger partial charge in [0, 0.05) is 0 Å². The maximum Gasteiger partial charge on any atom is 0.184 e. The zero-order chi connectivity index (χ0) is 26.4. The van der Waals surface area contributed by atoms with Crippen molar-refractivity contribution in [2.45, 2.75) is 98.0 Å². The van der Waals surface area contributed by atoms with E-state index in [-0.39, 0.29) is 30.5 Å². The lowest BCUT2D eigenvalue weighted by atomic mass is 9.81. The average Bonchev–Trinajstić information content (AvgIpc) is 2.92. The summed E-state index contributed by atoms with van der Waals surface area (Å²) in [4.78, 5) is 0. The molecule has 5 heteroatoms. The van der Waals surface area contributed by atoms with Crippen LogP contribution in [0.4, 0.5) is 0 Å². The number of ether oxygens (including phenoxy) is 5. The highest BCUT2D eigenvalue weighted by atomic mass is 16.7. The maximum absolute atomic E-state index is 6.88. The van der Waals surface area contributed by atoms with Crippen molar-refractivity contribution >= 4 is 0 Å². The third kappa shape index (κ3) is 7.01. The van der Waals surface area contributed by atoms with E-state index in [0.717, 1.165) is 17.5 Å². The second-order valence-corrected chi connectivity index (χ2v) is 11.1. The predicted octanol–water partition coefficient (Wildman–Crippen LogP) is 6.64. The van der Waals surface area contributed by atoms with Crippen LogP contribution >= 0.6 is 0 Å². The van der Waals surface area contributed by atoms with E-state index in [1.165, 1.54) is 0 Å². The molecular weight excluding hydrogens is 464 g/mol. The van der Waals surface area contributed by atoms with E-state index >= 15 is 0 Å². The van der Waals surface area contributed by atoms with Crippen LogP contribution in [0.15, 0.2) is 60.7 Å². The molecule has 2 fully saturated rings. The Morgan fingerprint density at radius 1 is 0.649 bits per heavy atom. The molecule has 204 valence electrons. The number of rotatable bonds is 10. The minimum Gasteiger partial charge on any atom is -0.374 e. The van der Waals surface area contributed by atoms with Crippen LogP contribution in [0.25, 0.3) is 0 Å². The Hall–Kier alpha value is -1.76. The van der Waals surface area contributed by atoms with Crippen molar-refractivity contribution in [2.75, 3.05) is 6.61 Å². The van der Waals surface area contributed by atoms with E-state index in [1.807, 2.05) is 36.4 Å². The first-order valence-corrected chi connectivity index (χ1v) is 14.1. The van der Waals surface area contributed by atoms with Crippen molar-refractivity contribution in [1.82, 2.24) is 0 Å². The van der Waals surface area contributed by atoms with Gasteiger partial charge < -0.3 is 23.7 Å². The second-order valence-electron chi connectivity index (χ2n) is 11.1. The molecule has 10 atom stereocenters. The molecule has 2 aliphatic rings. The molecule has 0 N–H and O–H groups in total. The SMILES string of the molecule is CCC1O[C@@H](O[C@@H]2C(COCc3ccccc3)O[C@@H](C)C(C)[C@H]2C)C(OCc2ccccc2)[C@@H](C)[C@@H]1C. The topological polar surface area (TPSA) is 46.2 Å². The van der Waals surface area contributed by atoms with Crippen molar-refractivity contribution in [3.05, 3.63) is 71.8 Å². The Kier molecular flexibility index (Phi) is 10.2. The van der Waals surface area contributed by atoms with Gasteiger partial charge in [0.05, 0.1) is 38.1 Å². The molecule has 0 aromatic heterocycles. The highest BCUT2D eigenvalue weighted by Crippen LogP contribution is 2.39. The third-order valence-corrected chi connectivity index (χ3v) is 8.73. The number of hydrogen-bond acceptors (Lipinski definition) is 5. The van der Waals surface area contributed by atoms with E-state index in [4.69, 9.17) is 23.7 Å². The summed E-state index contributed by atoms with van der Waals surface area (Å²) in [5.41, 5.74) is 2.31. The number of hydrogen-bond donors (Lipinski definition) is 0. The van der Waals surface area contributed by atoms with Crippen LogP contribution in [0.2, 0.25) is 0 Å². The molecule has 2 aliphatic heterocycles. The quantitative estimate of drug-likeness (QED) is 0.359. The largest absolute Gasteiger partial charge is 0.374 e. The summed E-state index contributed by atoms with van der Waals surface area (Å²) in [5, 5.41) is 0. The van der Waals surface area contributed by atoms with Crippen LogP contribution in [-0.4, -0.2) is 43.4 Å². The van der Waals surface area contributed by atoms with Crippen LogP contribution in [0.3, 0.4) is 0 Å². The van der Waals surface area contributed by atoms with Gasteiger partial charge in [-0.2, -0.15) is 0 Å². The smallest absolute Gasteiger partial charge is 0.184 e. The van der Waals surface area contributed by atoms with Crippen molar-refractivity contribution < 1.29 is 23.7 Å². The van der Waals surface area contributed by atoms with Gasteiger partial charge in [-0.1, -0.05) is 95.3 Å². The minimum atomic E-state index is -0.451. The summed E-state index contributed by atoms with van der Waals surface area (Å²) in [7, 11) is 0. The molecule has 2 saturated heterocycles. The van der Waals surface area contributed by atoms with Gasteiger partial charge in [0.1, 0.15) is 12.2 Å². The van der Waals surface area contributed by atoms with Crippen molar-refractivity contribution in [1.29, 1.82) is 0 Å². The Bertz CT molecular complexity index is 921. The Balaban J connectivity index is 1.49. The van der Waals surface area contributed by atoms with Crippen molar-refractivity contribution in [2.24, 2.45) is 23.7 Å². The van der Waals surface area contributed by atoms with Crippen molar-refractivity contribution in [3.63, 3.8) is 0 Å². The summed E-state index contributed by atoms with van der Waals surface area (Å²) in [6.45, 7) is 15.0. The van der Waals surface area contributed by atoms with E-state index < -0.39 is 6.29 Å². The van der Waals surface area contributed by atoms with Crippen LogP contribution < -0.4 is 0 Å². The Labute approximate surface area is 223 Å². The molecule has 2 heterocycles. The van der Waals surface area contributed by atoms with Gasteiger partial charge in [0.25, 0.3) is 0 Å². The van der Waals surface area contributed by atoms with Gasteiger partial charge in [0.2, 0.25) is 0 Å². The normalized spacial score (nSPS) is 36.4. The van der Waals surface area contributed by atoms with Gasteiger partial charge >= 0.3 is 0 Å². The summed E-state index contributed by atoms with van der Waals surface area (Å²) < 4.78 is 32.6. The molecule has 0 aliphatic carbocycles. The Morgan fingerprint density at radius 3 is 1.86 bits per heavy atom. The lowest BCUT2D eigenvalue weighted by molar-refractivity contribution is -0.323. The lowest BCUT2D eigenvalue weighted by Crippen LogP contribution is -2.57. The van der Waals surface area contributed by atoms with Crippen LogP contribution in [-0.2, 0) is 36.9 Å². The molecule has 5 nitrogen and oxygen atoms in total. The summed E-state index contributed by atoms with van der Waals surface area (Å²) in [6, 6.07) is 20.6. The fraction of sp³-hybridized carbons (Fsp3) is 0.625. The zero-order valence-corrected chi connectivity index (χ0v) is 23.4. The molecule has 0 amide bonds. The fourth-order valence-electron chi connectivity index (χ4n) is 5.74.